The van der Waals surface area contributed by atoms with Crippen LogP contribution in [0.4, 0.5) is 0 Å². The molecule has 0 aliphatic carbocycles. The highest BCUT2D eigenvalue weighted by Gasteiger charge is 2.36. The van der Waals surface area contributed by atoms with Gasteiger partial charge in [0.15, 0.2) is 0 Å². The normalized spacial score (nSPS) is 13.7. The summed E-state index contributed by atoms with van der Waals surface area (Å²) in [5.74, 6) is 0. The van der Waals surface area contributed by atoms with E-state index in [1.165, 1.54) is 7.11 Å². The highest BCUT2D eigenvalue weighted by Crippen LogP contribution is 2.49. The lowest BCUT2D eigenvalue weighted by molar-refractivity contribution is 0.105. The summed E-state index contributed by atoms with van der Waals surface area (Å²) in [5.41, 5.74) is 2.78. The van der Waals surface area contributed by atoms with Crippen molar-refractivity contribution in [3.8, 4) is 0 Å². The van der Waals surface area contributed by atoms with Gasteiger partial charge in [0.2, 0.25) is 0 Å². The second-order valence-electron chi connectivity index (χ2n) is 5.15. The molecule has 1 atom stereocenters. The molecule has 0 amide bonds. The second-order valence-corrected chi connectivity index (χ2v) is 7.54. The van der Waals surface area contributed by atoms with Gasteiger partial charge in [-0.2, -0.15) is 0 Å². The zero-order valence-electron chi connectivity index (χ0n) is 12.7. The minimum absolute atomic E-state index is 0.428. The minimum atomic E-state index is -3.57. The molecule has 0 radical (unpaired) electrons. The molecular weight excluding hydrogens is 283 g/mol. The molecule has 2 aromatic rings. The first kappa shape index (κ1) is 15.7. The predicted molar refractivity (Wildman–Crippen MR) is 85.7 cm³/mol. The van der Waals surface area contributed by atoms with Gasteiger partial charge in [-0.05, 0) is 44.0 Å². The van der Waals surface area contributed by atoms with Crippen LogP contribution >= 0.6 is 7.37 Å². The fourth-order valence-electron chi connectivity index (χ4n) is 2.59. The first-order valence-corrected chi connectivity index (χ1v) is 8.36. The third-order valence-corrected chi connectivity index (χ3v) is 5.76. The number of carbonyl (C=O) groups excluding carboxylic acids is 1. The Balaban J connectivity index is 2.60. The van der Waals surface area contributed by atoms with Gasteiger partial charge in [-0.1, -0.05) is 35.9 Å². The lowest BCUT2D eigenvalue weighted by atomic mass is 10.0. The van der Waals surface area contributed by atoms with Crippen LogP contribution in [0.5, 0.6) is 0 Å². The van der Waals surface area contributed by atoms with E-state index >= 15 is 0 Å². The maximum atomic E-state index is 13.1. The Morgan fingerprint density at radius 2 is 1.52 bits per heavy atom. The quantitative estimate of drug-likeness (QED) is 0.802. The molecule has 4 heteroatoms. The Kier molecular flexibility index (Phi) is 4.46. The molecule has 0 bridgehead atoms. The van der Waals surface area contributed by atoms with Crippen molar-refractivity contribution >= 4 is 18.2 Å². The lowest BCUT2D eigenvalue weighted by Crippen LogP contribution is -2.16. The van der Waals surface area contributed by atoms with Gasteiger partial charge in [0.25, 0.3) is 5.52 Å². The highest BCUT2D eigenvalue weighted by atomic mass is 31.2. The van der Waals surface area contributed by atoms with Gasteiger partial charge in [-0.25, -0.2) is 0 Å². The maximum absolute atomic E-state index is 13.1. The van der Waals surface area contributed by atoms with Crippen LogP contribution in [-0.4, -0.2) is 12.6 Å². The average Bonchev–Trinajstić information content (AvgIpc) is 2.46. The van der Waals surface area contributed by atoms with Crippen molar-refractivity contribution in [2.45, 2.75) is 20.8 Å². The third-order valence-electron chi connectivity index (χ3n) is 3.51. The van der Waals surface area contributed by atoms with Crippen LogP contribution in [-0.2, 0) is 9.09 Å². The summed E-state index contributed by atoms with van der Waals surface area (Å²) in [5, 5.41) is 0.428. The monoisotopic (exact) mass is 302 g/mol. The van der Waals surface area contributed by atoms with Gasteiger partial charge in [0, 0.05) is 18.0 Å². The molecule has 1 unspecified atom stereocenters. The molecule has 0 aliphatic rings. The van der Waals surface area contributed by atoms with E-state index in [9.17, 15) is 9.36 Å². The minimum Gasteiger partial charge on any atom is -0.323 e. The molecule has 0 saturated heterocycles. The Bertz CT molecular complexity index is 697. The van der Waals surface area contributed by atoms with E-state index in [2.05, 4.69) is 0 Å². The standard InChI is InChI=1S/C17H19O3P/c1-12-10-13(2)16(14(3)11-12)17(18)21(19,20-4)15-8-6-5-7-9-15/h5-11H,1-4H3. The van der Waals surface area contributed by atoms with E-state index in [-0.39, 0.29) is 0 Å². The van der Waals surface area contributed by atoms with Crippen LogP contribution in [0.3, 0.4) is 0 Å². The van der Waals surface area contributed by atoms with Gasteiger partial charge in [0.1, 0.15) is 0 Å². The zero-order valence-corrected chi connectivity index (χ0v) is 13.6. The molecule has 0 spiro atoms. The summed E-state index contributed by atoms with van der Waals surface area (Å²) in [6.45, 7) is 5.69. The summed E-state index contributed by atoms with van der Waals surface area (Å²) in [4.78, 5) is 12.9. The number of aryl methyl sites for hydroxylation is 3. The van der Waals surface area contributed by atoms with Crippen molar-refractivity contribution in [1.29, 1.82) is 0 Å². The molecule has 0 fully saturated rings. The predicted octanol–water partition coefficient (Wildman–Crippen LogP) is 4.00. The van der Waals surface area contributed by atoms with E-state index in [4.69, 9.17) is 4.52 Å². The summed E-state index contributed by atoms with van der Waals surface area (Å²) in [6.07, 6.45) is 0. The number of carbonyl (C=O) groups is 1. The number of hydrogen-bond donors (Lipinski definition) is 0. The fraction of sp³-hybridized carbons (Fsp3) is 0.235. The van der Waals surface area contributed by atoms with Gasteiger partial charge in [0.05, 0.1) is 0 Å². The summed E-state index contributed by atoms with van der Waals surface area (Å²) in [6, 6.07) is 12.5. The first-order valence-electron chi connectivity index (χ1n) is 6.74. The van der Waals surface area contributed by atoms with E-state index in [1.54, 1.807) is 24.3 Å². The summed E-state index contributed by atoms with van der Waals surface area (Å²) >= 11 is 0. The van der Waals surface area contributed by atoms with Crippen molar-refractivity contribution in [3.05, 3.63) is 64.7 Å². The van der Waals surface area contributed by atoms with Crippen LogP contribution in [0.2, 0.25) is 0 Å². The Hall–Kier alpha value is -1.70. The van der Waals surface area contributed by atoms with Crippen LogP contribution < -0.4 is 5.30 Å². The summed E-state index contributed by atoms with van der Waals surface area (Å²) < 4.78 is 18.3. The van der Waals surface area contributed by atoms with Crippen LogP contribution in [0, 0.1) is 20.8 Å². The topological polar surface area (TPSA) is 43.4 Å². The lowest BCUT2D eigenvalue weighted by Gasteiger charge is -2.18. The Labute approximate surface area is 125 Å². The van der Waals surface area contributed by atoms with Crippen molar-refractivity contribution < 1.29 is 13.9 Å². The average molecular weight is 302 g/mol. The third kappa shape index (κ3) is 2.85. The SMILES string of the molecule is COP(=O)(C(=O)c1c(C)cc(C)cc1C)c1ccccc1. The van der Waals surface area contributed by atoms with Gasteiger partial charge < -0.3 is 4.52 Å². The molecule has 0 aliphatic heterocycles. The number of hydrogen-bond acceptors (Lipinski definition) is 3. The molecule has 110 valence electrons. The van der Waals surface area contributed by atoms with Crippen molar-refractivity contribution in [1.82, 2.24) is 0 Å². The molecule has 0 N–H and O–H groups in total. The molecule has 2 aromatic carbocycles. The second kappa shape index (κ2) is 5.97. The van der Waals surface area contributed by atoms with Crippen LogP contribution in [0.25, 0.3) is 0 Å². The molecule has 0 heterocycles. The van der Waals surface area contributed by atoms with Crippen molar-refractivity contribution in [2.24, 2.45) is 0 Å². The molecule has 0 aromatic heterocycles. The largest absolute Gasteiger partial charge is 0.323 e. The molecule has 3 nitrogen and oxygen atoms in total. The van der Waals surface area contributed by atoms with E-state index in [0.29, 0.717) is 10.9 Å². The van der Waals surface area contributed by atoms with Gasteiger partial charge >= 0.3 is 7.37 Å². The van der Waals surface area contributed by atoms with E-state index < -0.39 is 12.9 Å². The highest BCUT2D eigenvalue weighted by molar-refractivity contribution is 7.83. The molecule has 21 heavy (non-hydrogen) atoms. The number of benzene rings is 2. The molecule has 2 rings (SSSR count). The van der Waals surface area contributed by atoms with Crippen molar-refractivity contribution in [3.63, 3.8) is 0 Å². The van der Waals surface area contributed by atoms with Crippen LogP contribution in [0.1, 0.15) is 27.0 Å². The Morgan fingerprint density at radius 1 is 1.00 bits per heavy atom. The Morgan fingerprint density at radius 3 is 2.00 bits per heavy atom. The number of rotatable bonds is 4. The summed E-state index contributed by atoms with van der Waals surface area (Å²) in [7, 11) is -2.25. The maximum Gasteiger partial charge on any atom is 0.300 e. The van der Waals surface area contributed by atoms with E-state index in [0.717, 1.165) is 16.7 Å². The first-order chi connectivity index (χ1) is 9.90. The van der Waals surface area contributed by atoms with Gasteiger partial charge in [-0.3, -0.25) is 9.36 Å². The smallest absolute Gasteiger partial charge is 0.300 e. The van der Waals surface area contributed by atoms with E-state index in [1.807, 2.05) is 39.0 Å². The fourth-order valence-corrected chi connectivity index (χ4v) is 4.42. The molecule has 0 saturated carbocycles. The van der Waals surface area contributed by atoms with Gasteiger partial charge in [-0.15, -0.1) is 0 Å². The van der Waals surface area contributed by atoms with Crippen molar-refractivity contribution in [2.75, 3.05) is 7.11 Å². The molecular formula is C17H19O3P. The zero-order chi connectivity index (χ0) is 15.6. The van der Waals surface area contributed by atoms with Crippen LogP contribution in [0.15, 0.2) is 42.5 Å².